The molecule has 0 aromatic rings. The Morgan fingerprint density at radius 3 is 1.00 bits per heavy atom. The molecule has 6 N–H and O–H groups in total. The molecule has 0 bridgehead atoms. The van der Waals surface area contributed by atoms with E-state index in [0.29, 0.717) is 19.6 Å². The van der Waals surface area contributed by atoms with Gasteiger partial charge in [-0.25, -0.2) is 11.7 Å². The fourth-order valence-corrected chi connectivity index (χ4v) is 1.03. The van der Waals surface area contributed by atoms with E-state index in [1.54, 1.807) is 0 Å². The maximum Gasteiger partial charge on any atom is 2.00 e. The normalized spacial score (nSPS) is 7.04. The van der Waals surface area contributed by atoms with Crippen LogP contribution in [-0.2, 0) is 16.5 Å². The van der Waals surface area contributed by atoms with Crippen LogP contribution in [0.3, 0.4) is 0 Å². The van der Waals surface area contributed by atoms with Crippen LogP contribution >= 0.6 is 0 Å². The van der Waals surface area contributed by atoms with E-state index in [1.165, 1.54) is 36.0 Å². The van der Waals surface area contributed by atoms with E-state index < -0.39 is 11.1 Å². The zero-order valence-corrected chi connectivity index (χ0v) is 14.4. The van der Waals surface area contributed by atoms with Crippen molar-refractivity contribution in [3.8, 4) is 24.3 Å². The van der Waals surface area contributed by atoms with Crippen molar-refractivity contribution in [1.82, 2.24) is 4.90 Å². The maximum atomic E-state index is 7.79. The van der Waals surface area contributed by atoms with Gasteiger partial charge in [0.1, 0.15) is 35.4 Å². The molecule has 0 heterocycles. The molecule has 11 heteroatoms. The van der Waals surface area contributed by atoms with E-state index in [-0.39, 0.29) is 16.5 Å². The third kappa shape index (κ3) is 23.6. The molecular formula is C14H18N10Ni. The number of allylic oxidation sites excluding steroid dienone is 2. The topological polar surface area (TPSA) is 221 Å². The van der Waals surface area contributed by atoms with Gasteiger partial charge >= 0.3 is 16.5 Å². The quantitative estimate of drug-likeness (QED) is 0.278. The SMILES string of the molecule is N#CC(=C=[N-])C#N.N#CC(=C=[N-])C#N.NCCN(CCN)CCN.[Ni+2]. The molecule has 0 radical (unpaired) electrons. The largest absolute Gasteiger partial charge is 2.00 e. The molecule has 134 valence electrons. The molecule has 25 heavy (non-hydrogen) atoms. The average Bonchev–Trinajstić information content (AvgIpc) is 2.60. The summed E-state index contributed by atoms with van der Waals surface area (Å²) in [6.07, 6.45) is 0. The molecule has 0 aliphatic carbocycles. The second-order valence-corrected chi connectivity index (χ2v) is 3.63. The molecule has 0 amide bonds. The van der Waals surface area contributed by atoms with Crippen molar-refractivity contribution in [2.24, 2.45) is 17.2 Å². The Hall–Kier alpha value is -2.81. The minimum absolute atomic E-state index is 0. The first-order valence-corrected chi connectivity index (χ1v) is 6.52. The van der Waals surface area contributed by atoms with Gasteiger partial charge in [-0.05, 0) is 0 Å². The fourth-order valence-electron chi connectivity index (χ4n) is 1.03. The summed E-state index contributed by atoms with van der Waals surface area (Å²) in [7, 11) is 0. The third-order valence-electron chi connectivity index (χ3n) is 2.01. The minimum Gasteiger partial charge on any atom is -0.762 e. The van der Waals surface area contributed by atoms with Crippen LogP contribution in [0.25, 0.3) is 10.8 Å². The first-order valence-electron chi connectivity index (χ1n) is 6.52. The van der Waals surface area contributed by atoms with Crippen molar-refractivity contribution < 1.29 is 16.5 Å². The van der Waals surface area contributed by atoms with Crippen LogP contribution in [0.4, 0.5) is 0 Å². The van der Waals surface area contributed by atoms with Crippen LogP contribution in [0.15, 0.2) is 11.1 Å². The third-order valence-corrected chi connectivity index (χ3v) is 2.01. The Morgan fingerprint density at radius 1 is 0.680 bits per heavy atom. The summed E-state index contributed by atoms with van der Waals surface area (Å²) < 4.78 is 0. The van der Waals surface area contributed by atoms with Crippen molar-refractivity contribution in [2.75, 3.05) is 39.3 Å². The average molecular weight is 385 g/mol. The van der Waals surface area contributed by atoms with Gasteiger partial charge in [-0.15, -0.1) is 0 Å². The summed E-state index contributed by atoms with van der Waals surface area (Å²) in [4.78, 5) is 2.17. The summed E-state index contributed by atoms with van der Waals surface area (Å²) in [6.45, 7) is 4.73. The zero-order chi connectivity index (χ0) is 19.2. The van der Waals surface area contributed by atoms with Crippen molar-refractivity contribution in [3.05, 3.63) is 22.0 Å². The Balaban J connectivity index is -0.000000133. The number of nitrogens with two attached hydrogens (primary N) is 3. The van der Waals surface area contributed by atoms with E-state index in [2.05, 4.69) is 4.90 Å². The Kier molecular flexibility index (Phi) is 31.5. The number of hydrogen-bond donors (Lipinski definition) is 3. The van der Waals surface area contributed by atoms with Gasteiger partial charge in [0.05, 0.1) is 0 Å². The molecule has 0 aliphatic heterocycles. The molecule has 0 atom stereocenters. The molecule has 0 spiro atoms. The van der Waals surface area contributed by atoms with Crippen LogP contribution in [0.5, 0.6) is 0 Å². The van der Waals surface area contributed by atoms with Gasteiger partial charge in [-0.1, -0.05) is 0 Å². The van der Waals surface area contributed by atoms with Crippen molar-refractivity contribution >= 4 is 11.7 Å². The predicted molar refractivity (Wildman–Crippen MR) is 89.8 cm³/mol. The van der Waals surface area contributed by atoms with Gasteiger partial charge in [0.25, 0.3) is 0 Å². The number of hydrogen-bond acceptors (Lipinski definition) is 8. The smallest absolute Gasteiger partial charge is 0.762 e. The van der Waals surface area contributed by atoms with Crippen molar-refractivity contribution in [3.63, 3.8) is 0 Å². The standard InChI is InChI=1S/C6H18N4.2C4N3.Ni/c7-1-4-10(5-2-8)6-3-9;2*5-1-4(2-6)3-7;/h1-9H2;;;/q;2*-1;+2. The van der Waals surface area contributed by atoms with Gasteiger partial charge in [-0.2, -0.15) is 21.0 Å². The molecule has 0 saturated heterocycles. The van der Waals surface area contributed by atoms with Gasteiger partial charge in [-0.3, -0.25) is 4.90 Å². The molecule has 0 saturated carbocycles. The Bertz CT molecular complexity index is 511. The molecule has 0 unspecified atom stereocenters. The second-order valence-electron chi connectivity index (χ2n) is 3.63. The molecule has 0 aromatic heterocycles. The monoisotopic (exact) mass is 384 g/mol. The van der Waals surface area contributed by atoms with Crippen LogP contribution < -0.4 is 17.2 Å². The van der Waals surface area contributed by atoms with E-state index in [9.17, 15) is 0 Å². The number of rotatable bonds is 6. The second kappa shape index (κ2) is 26.1. The first kappa shape index (κ1) is 30.1. The van der Waals surface area contributed by atoms with Crippen LogP contribution in [-0.4, -0.2) is 55.9 Å². The molecule has 0 aliphatic rings. The van der Waals surface area contributed by atoms with Crippen molar-refractivity contribution in [1.29, 1.82) is 21.0 Å². The zero-order valence-electron chi connectivity index (χ0n) is 13.4. The van der Waals surface area contributed by atoms with E-state index in [0.717, 1.165) is 19.6 Å². The van der Waals surface area contributed by atoms with Crippen LogP contribution in [0.2, 0.25) is 0 Å². The van der Waals surface area contributed by atoms with Gasteiger partial charge in [0.2, 0.25) is 0 Å². The van der Waals surface area contributed by atoms with E-state index in [4.69, 9.17) is 49.1 Å². The Labute approximate surface area is 157 Å². The van der Waals surface area contributed by atoms with Crippen molar-refractivity contribution in [2.45, 2.75) is 0 Å². The van der Waals surface area contributed by atoms with Crippen LogP contribution in [0.1, 0.15) is 0 Å². The number of nitriles is 4. The minimum atomic E-state index is -0.403. The van der Waals surface area contributed by atoms with Crippen LogP contribution in [0, 0.1) is 45.3 Å². The van der Waals surface area contributed by atoms with E-state index >= 15 is 0 Å². The van der Waals surface area contributed by atoms with Gasteiger partial charge in [0.15, 0.2) is 0 Å². The van der Waals surface area contributed by atoms with Gasteiger partial charge < -0.3 is 28.0 Å². The summed E-state index contributed by atoms with van der Waals surface area (Å²) in [5.74, 6) is 2.79. The summed E-state index contributed by atoms with van der Waals surface area (Å²) in [6, 6.07) is 5.58. The molecule has 0 fully saturated rings. The first-order chi connectivity index (χ1) is 11.5. The molecule has 0 aromatic carbocycles. The molecular weight excluding hydrogens is 367 g/mol. The fraction of sp³-hybridized carbons (Fsp3) is 0.429. The molecule has 10 nitrogen and oxygen atoms in total. The molecule has 0 rings (SSSR count). The predicted octanol–water partition coefficient (Wildman–Crippen LogP) is -1.44. The van der Waals surface area contributed by atoms with E-state index in [1.807, 2.05) is 0 Å². The maximum absolute atomic E-state index is 7.79. The summed E-state index contributed by atoms with van der Waals surface area (Å²) >= 11 is 0. The summed E-state index contributed by atoms with van der Waals surface area (Å²) in [5, 5.41) is 46.8. The summed E-state index contributed by atoms with van der Waals surface area (Å²) in [5.41, 5.74) is 15.3. The Morgan fingerprint density at radius 2 is 0.920 bits per heavy atom. The van der Waals surface area contributed by atoms with Gasteiger partial charge in [0, 0.05) is 39.3 Å². The number of nitrogens with zero attached hydrogens (tertiary/aromatic N) is 7.